The highest BCUT2D eigenvalue weighted by atomic mass is 16.6. The first kappa shape index (κ1) is 7.12. The molecule has 0 aliphatic carbocycles. The number of nitrogens with one attached hydrogen (secondary N) is 1. The quantitative estimate of drug-likeness (QED) is 0.584. The van der Waals surface area contributed by atoms with Crippen molar-refractivity contribution in [3.63, 3.8) is 0 Å². The second kappa shape index (κ2) is 2.73. The van der Waals surface area contributed by atoms with Gasteiger partial charge in [-0.2, -0.15) is 0 Å². The average Bonchev–Trinajstić information content (AvgIpc) is 2.13. The summed E-state index contributed by atoms with van der Waals surface area (Å²) in [7, 11) is 0. The van der Waals surface area contributed by atoms with Gasteiger partial charge >= 0.3 is 6.09 Å². The van der Waals surface area contributed by atoms with Crippen molar-refractivity contribution in [1.82, 2.24) is 5.32 Å². The third-order valence-corrected chi connectivity index (χ3v) is 1.58. The third-order valence-electron chi connectivity index (χ3n) is 1.58. The zero-order chi connectivity index (χ0) is 7.56. The number of hydrogen-bond donors (Lipinski definition) is 1. The highest BCUT2D eigenvalue weighted by Crippen LogP contribution is 2.10. The summed E-state index contributed by atoms with van der Waals surface area (Å²) in [6.07, 6.45) is 2.20. The van der Waals surface area contributed by atoms with Crippen LogP contribution in [0.4, 0.5) is 4.79 Å². The van der Waals surface area contributed by atoms with Gasteiger partial charge in [-0.25, -0.2) is 4.79 Å². The van der Waals surface area contributed by atoms with Crippen molar-refractivity contribution in [2.75, 3.05) is 0 Å². The Bertz CT molecular complexity index is 156. The molecule has 0 aromatic heterocycles. The Morgan fingerprint density at radius 3 is 3.00 bits per heavy atom. The molecule has 1 fully saturated rings. The number of amides is 1. The highest BCUT2D eigenvalue weighted by Gasteiger charge is 2.28. The van der Waals surface area contributed by atoms with Gasteiger partial charge in [-0.15, -0.1) is 6.58 Å². The topological polar surface area (TPSA) is 38.3 Å². The lowest BCUT2D eigenvalue weighted by Gasteiger charge is -2.08. The molecule has 0 bridgehead atoms. The van der Waals surface area contributed by atoms with E-state index in [1.165, 1.54) is 0 Å². The SMILES string of the molecule is C=CC[C@H]1NC(=O)O[C@H]1C. The summed E-state index contributed by atoms with van der Waals surface area (Å²) in [6, 6.07) is 0.116. The summed E-state index contributed by atoms with van der Waals surface area (Å²) in [5.74, 6) is 0. The van der Waals surface area contributed by atoms with Gasteiger partial charge in [0.25, 0.3) is 0 Å². The van der Waals surface area contributed by atoms with Crippen LogP contribution in [0.15, 0.2) is 12.7 Å². The van der Waals surface area contributed by atoms with E-state index in [4.69, 9.17) is 4.74 Å². The number of carbonyl (C=O) groups excluding carboxylic acids is 1. The summed E-state index contributed by atoms with van der Waals surface area (Å²) in [4.78, 5) is 10.6. The van der Waals surface area contributed by atoms with Crippen LogP contribution in [0.3, 0.4) is 0 Å². The van der Waals surface area contributed by atoms with Gasteiger partial charge < -0.3 is 10.1 Å². The second-order valence-electron chi connectivity index (χ2n) is 2.39. The molecule has 0 saturated carbocycles. The van der Waals surface area contributed by atoms with Crippen LogP contribution in [-0.2, 0) is 4.74 Å². The Kier molecular flexibility index (Phi) is 1.94. The molecular weight excluding hydrogens is 130 g/mol. The predicted octanol–water partition coefficient (Wildman–Crippen LogP) is 1.06. The summed E-state index contributed by atoms with van der Waals surface area (Å²) in [5, 5.41) is 2.67. The van der Waals surface area contributed by atoms with Crippen molar-refractivity contribution >= 4 is 6.09 Å². The molecule has 10 heavy (non-hydrogen) atoms. The van der Waals surface area contributed by atoms with Gasteiger partial charge in [0.2, 0.25) is 0 Å². The van der Waals surface area contributed by atoms with E-state index in [1.807, 2.05) is 6.92 Å². The molecule has 1 N–H and O–H groups in total. The van der Waals surface area contributed by atoms with Gasteiger partial charge in [-0.3, -0.25) is 0 Å². The third kappa shape index (κ3) is 1.29. The molecule has 1 heterocycles. The number of alkyl carbamates (subject to hydrolysis) is 1. The van der Waals surface area contributed by atoms with Crippen molar-refractivity contribution in [2.24, 2.45) is 0 Å². The van der Waals surface area contributed by atoms with Crippen LogP contribution >= 0.6 is 0 Å². The minimum atomic E-state index is -0.320. The van der Waals surface area contributed by atoms with Crippen molar-refractivity contribution in [1.29, 1.82) is 0 Å². The molecule has 0 unspecified atom stereocenters. The minimum Gasteiger partial charge on any atom is -0.444 e. The van der Waals surface area contributed by atoms with Gasteiger partial charge in [-0.05, 0) is 13.3 Å². The minimum absolute atomic E-state index is 0.0227. The summed E-state index contributed by atoms with van der Waals surface area (Å²) >= 11 is 0. The van der Waals surface area contributed by atoms with E-state index in [0.717, 1.165) is 6.42 Å². The fraction of sp³-hybridized carbons (Fsp3) is 0.571. The first-order chi connectivity index (χ1) is 4.74. The van der Waals surface area contributed by atoms with E-state index in [9.17, 15) is 4.79 Å². The van der Waals surface area contributed by atoms with Crippen molar-refractivity contribution in [3.8, 4) is 0 Å². The fourth-order valence-corrected chi connectivity index (χ4v) is 0.984. The van der Waals surface area contributed by atoms with Crippen molar-refractivity contribution < 1.29 is 9.53 Å². The van der Waals surface area contributed by atoms with E-state index < -0.39 is 0 Å². The van der Waals surface area contributed by atoms with Gasteiger partial charge in [0.05, 0.1) is 6.04 Å². The van der Waals surface area contributed by atoms with Crippen LogP contribution in [0.25, 0.3) is 0 Å². The monoisotopic (exact) mass is 141 g/mol. The Balaban J connectivity index is 2.45. The molecule has 1 amide bonds. The largest absolute Gasteiger partial charge is 0.444 e. The van der Waals surface area contributed by atoms with Gasteiger partial charge in [-0.1, -0.05) is 6.08 Å². The van der Waals surface area contributed by atoms with Crippen molar-refractivity contribution in [3.05, 3.63) is 12.7 Å². The van der Waals surface area contributed by atoms with Crippen LogP contribution in [-0.4, -0.2) is 18.2 Å². The molecule has 0 spiro atoms. The maximum atomic E-state index is 10.6. The van der Waals surface area contributed by atoms with Crippen LogP contribution in [0, 0.1) is 0 Å². The Labute approximate surface area is 60.1 Å². The predicted molar refractivity (Wildman–Crippen MR) is 37.7 cm³/mol. The molecule has 1 aliphatic rings. The molecule has 56 valence electrons. The van der Waals surface area contributed by atoms with Gasteiger partial charge in [0, 0.05) is 0 Å². The summed E-state index contributed by atoms with van der Waals surface area (Å²) < 4.78 is 4.83. The number of carbonyl (C=O) groups is 1. The molecule has 0 radical (unpaired) electrons. The molecule has 0 aromatic rings. The van der Waals surface area contributed by atoms with E-state index in [0.29, 0.717) is 0 Å². The van der Waals surface area contributed by atoms with Crippen molar-refractivity contribution in [2.45, 2.75) is 25.5 Å². The first-order valence-corrected chi connectivity index (χ1v) is 3.32. The molecule has 3 nitrogen and oxygen atoms in total. The number of hydrogen-bond acceptors (Lipinski definition) is 2. The molecular formula is C7H11NO2. The highest BCUT2D eigenvalue weighted by molar-refractivity contribution is 5.70. The van der Waals surface area contributed by atoms with Gasteiger partial charge in [0.15, 0.2) is 0 Å². The van der Waals surface area contributed by atoms with Crippen LogP contribution in [0.1, 0.15) is 13.3 Å². The second-order valence-corrected chi connectivity index (χ2v) is 2.39. The molecule has 1 rings (SSSR count). The van der Waals surface area contributed by atoms with Crippen LogP contribution in [0.2, 0.25) is 0 Å². The normalized spacial score (nSPS) is 31.1. The Morgan fingerprint density at radius 2 is 2.60 bits per heavy atom. The molecule has 0 aromatic carbocycles. The fourth-order valence-electron chi connectivity index (χ4n) is 0.984. The molecule has 2 atom stereocenters. The Morgan fingerprint density at radius 1 is 1.90 bits per heavy atom. The zero-order valence-corrected chi connectivity index (χ0v) is 5.96. The lowest BCUT2D eigenvalue weighted by atomic mass is 10.1. The van der Waals surface area contributed by atoms with Gasteiger partial charge in [0.1, 0.15) is 6.10 Å². The average molecular weight is 141 g/mol. The number of ether oxygens (including phenoxy) is 1. The summed E-state index contributed by atoms with van der Waals surface area (Å²) in [6.45, 7) is 5.44. The lowest BCUT2D eigenvalue weighted by Crippen LogP contribution is -2.28. The lowest BCUT2D eigenvalue weighted by molar-refractivity contribution is 0.141. The number of cyclic esters (lactones) is 1. The number of rotatable bonds is 2. The van der Waals surface area contributed by atoms with E-state index in [1.54, 1.807) is 6.08 Å². The van der Waals surface area contributed by atoms with E-state index >= 15 is 0 Å². The first-order valence-electron chi connectivity index (χ1n) is 3.32. The van der Waals surface area contributed by atoms with Crippen LogP contribution in [0.5, 0.6) is 0 Å². The van der Waals surface area contributed by atoms with E-state index in [-0.39, 0.29) is 18.2 Å². The molecule has 1 saturated heterocycles. The zero-order valence-electron chi connectivity index (χ0n) is 5.96. The molecule has 3 heteroatoms. The van der Waals surface area contributed by atoms with E-state index in [2.05, 4.69) is 11.9 Å². The smallest absolute Gasteiger partial charge is 0.407 e. The summed E-state index contributed by atoms with van der Waals surface area (Å²) in [5.41, 5.74) is 0. The van der Waals surface area contributed by atoms with Crippen LogP contribution < -0.4 is 5.32 Å². The maximum Gasteiger partial charge on any atom is 0.407 e. The maximum absolute atomic E-state index is 10.6. The standard InChI is InChI=1S/C7H11NO2/c1-3-4-6-5(2)10-7(9)8-6/h3,5-6H,1,4H2,2H3,(H,8,9)/t5-,6+/m0/s1. The Hall–Kier alpha value is -0.990. The molecule has 1 aliphatic heterocycles.